The lowest BCUT2D eigenvalue weighted by atomic mass is 9.88. The van der Waals surface area contributed by atoms with Gasteiger partial charge < -0.3 is 15.4 Å². The van der Waals surface area contributed by atoms with Crippen molar-refractivity contribution in [3.63, 3.8) is 0 Å². The molecule has 2 N–H and O–H groups in total. The summed E-state index contributed by atoms with van der Waals surface area (Å²) in [6, 6.07) is 7.71. The highest BCUT2D eigenvalue weighted by molar-refractivity contribution is 6.30. The number of rotatable bonds is 2. The second kappa shape index (κ2) is 6.26. The van der Waals surface area contributed by atoms with Crippen LogP contribution >= 0.6 is 11.6 Å². The zero-order valence-electron chi connectivity index (χ0n) is 11.0. The lowest BCUT2D eigenvalue weighted by Gasteiger charge is -2.35. The van der Waals surface area contributed by atoms with Crippen LogP contribution in [0.3, 0.4) is 0 Å². The fourth-order valence-electron chi connectivity index (χ4n) is 2.48. The first-order valence-corrected chi connectivity index (χ1v) is 6.90. The van der Waals surface area contributed by atoms with Gasteiger partial charge in [-0.05, 0) is 31.0 Å². The lowest BCUT2D eigenvalue weighted by Crippen LogP contribution is -2.48. The molecule has 0 aliphatic carbocycles. The van der Waals surface area contributed by atoms with Gasteiger partial charge in [-0.3, -0.25) is 0 Å². The fourth-order valence-corrected chi connectivity index (χ4v) is 2.60. The molecule has 1 amide bonds. The summed E-state index contributed by atoms with van der Waals surface area (Å²) in [6.45, 7) is 3.39. The summed E-state index contributed by atoms with van der Waals surface area (Å²) in [6.07, 6.45) is 0.592. The molecule has 0 saturated carbocycles. The average Bonchev–Trinajstić information content (AvgIpc) is 2.39. The van der Waals surface area contributed by atoms with Crippen LogP contribution in [0.5, 0.6) is 0 Å². The van der Waals surface area contributed by atoms with Crippen LogP contribution in [0.4, 0.5) is 4.79 Å². The molecule has 1 aliphatic rings. The van der Waals surface area contributed by atoms with E-state index in [1.165, 1.54) is 0 Å². The maximum absolute atomic E-state index is 11.8. The first kappa shape index (κ1) is 14.2. The SMILES string of the molecule is CCOC(=O)N1CC(N)CC(c2ccc(Cl)cc2)C1. The molecule has 0 bridgehead atoms. The van der Waals surface area contributed by atoms with E-state index in [1.807, 2.05) is 24.3 Å². The molecule has 0 aromatic heterocycles. The number of likely N-dealkylation sites (tertiary alicyclic amines) is 1. The molecule has 4 nitrogen and oxygen atoms in total. The van der Waals surface area contributed by atoms with Crippen LogP contribution in [-0.2, 0) is 4.74 Å². The topological polar surface area (TPSA) is 55.6 Å². The molecule has 2 unspecified atom stereocenters. The zero-order valence-corrected chi connectivity index (χ0v) is 11.8. The van der Waals surface area contributed by atoms with Crippen molar-refractivity contribution in [2.24, 2.45) is 5.73 Å². The number of hydrogen-bond acceptors (Lipinski definition) is 3. The molecule has 1 aliphatic heterocycles. The molecule has 0 spiro atoms. The van der Waals surface area contributed by atoms with Gasteiger partial charge >= 0.3 is 6.09 Å². The van der Waals surface area contributed by atoms with Gasteiger partial charge in [-0.1, -0.05) is 23.7 Å². The first-order chi connectivity index (χ1) is 9.10. The number of nitrogens with two attached hydrogens (primary N) is 1. The molecule has 0 radical (unpaired) electrons. The number of carbonyl (C=O) groups excluding carboxylic acids is 1. The Labute approximate surface area is 118 Å². The zero-order chi connectivity index (χ0) is 13.8. The minimum Gasteiger partial charge on any atom is -0.450 e. The number of nitrogens with zero attached hydrogens (tertiary/aromatic N) is 1. The summed E-state index contributed by atoms with van der Waals surface area (Å²) in [4.78, 5) is 13.5. The van der Waals surface area contributed by atoms with Gasteiger partial charge in [0.25, 0.3) is 0 Å². The molecule has 2 atom stereocenters. The number of ether oxygens (including phenoxy) is 1. The molecule has 1 aromatic carbocycles. The van der Waals surface area contributed by atoms with E-state index in [-0.39, 0.29) is 18.1 Å². The quantitative estimate of drug-likeness (QED) is 0.907. The fraction of sp³-hybridized carbons (Fsp3) is 0.500. The second-order valence-electron chi connectivity index (χ2n) is 4.85. The highest BCUT2D eigenvalue weighted by atomic mass is 35.5. The Morgan fingerprint density at radius 1 is 1.42 bits per heavy atom. The highest BCUT2D eigenvalue weighted by Gasteiger charge is 2.29. The van der Waals surface area contributed by atoms with Crippen LogP contribution in [0.25, 0.3) is 0 Å². The minimum atomic E-state index is -0.281. The Morgan fingerprint density at radius 3 is 2.74 bits per heavy atom. The van der Waals surface area contributed by atoms with Crippen LogP contribution in [0.15, 0.2) is 24.3 Å². The van der Waals surface area contributed by atoms with Gasteiger partial charge in [0.2, 0.25) is 0 Å². The Morgan fingerprint density at radius 2 is 2.11 bits per heavy atom. The van der Waals surface area contributed by atoms with E-state index in [1.54, 1.807) is 11.8 Å². The third-order valence-corrected chi connectivity index (χ3v) is 3.60. The molecule has 1 fully saturated rings. The van der Waals surface area contributed by atoms with E-state index in [9.17, 15) is 4.79 Å². The van der Waals surface area contributed by atoms with Gasteiger partial charge in [0.05, 0.1) is 6.61 Å². The summed E-state index contributed by atoms with van der Waals surface area (Å²) in [5.74, 6) is 0.241. The number of hydrogen-bond donors (Lipinski definition) is 1. The second-order valence-corrected chi connectivity index (χ2v) is 5.28. The molecule has 5 heteroatoms. The van der Waals surface area contributed by atoms with Crippen molar-refractivity contribution in [1.82, 2.24) is 4.90 Å². The maximum Gasteiger partial charge on any atom is 0.409 e. The van der Waals surface area contributed by atoms with Crippen molar-refractivity contribution in [2.45, 2.75) is 25.3 Å². The van der Waals surface area contributed by atoms with Gasteiger partial charge in [-0.25, -0.2) is 4.79 Å². The van der Waals surface area contributed by atoms with Crippen molar-refractivity contribution in [3.05, 3.63) is 34.9 Å². The van der Waals surface area contributed by atoms with Gasteiger partial charge in [0.1, 0.15) is 0 Å². The van der Waals surface area contributed by atoms with Gasteiger partial charge in [-0.15, -0.1) is 0 Å². The van der Waals surface area contributed by atoms with Crippen molar-refractivity contribution in [2.75, 3.05) is 19.7 Å². The van der Waals surface area contributed by atoms with Crippen LogP contribution in [-0.4, -0.2) is 36.7 Å². The Bertz CT molecular complexity index is 436. The third-order valence-electron chi connectivity index (χ3n) is 3.35. The number of halogens is 1. The van der Waals surface area contributed by atoms with Crippen LogP contribution in [0.2, 0.25) is 5.02 Å². The molecular weight excluding hydrogens is 264 g/mol. The molecule has 1 aromatic rings. The smallest absolute Gasteiger partial charge is 0.409 e. The maximum atomic E-state index is 11.8. The van der Waals surface area contributed by atoms with E-state index >= 15 is 0 Å². The Kier molecular flexibility index (Phi) is 4.66. The number of amides is 1. The monoisotopic (exact) mass is 282 g/mol. The summed E-state index contributed by atoms with van der Waals surface area (Å²) in [5, 5.41) is 0.714. The Balaban J connectivity index is 2.09. The highest BCUT2D eigenvalue weighted by Crippen LogP contribution is 2.27. The van der Waals surface area contributed by atoms with Crippen molar-refractivity contribution >= 4 is 17.7 Å². The number of benzene rings is 1. The van der Waals surface area contributed by atoms with Gasteiger partial charge in [-0.2, -0.15) is 0 Å². The summed E-state index contributed by atoms with van der Waals surface area (Å²) in [5.41, 5.74) is 7.20. The van der Waals surface area contributed by atoms with Gasteiger partial charge in [0, 0.05) is 30.1 Å². The normalized spacial score (nSPS) is 23.2. The van der Waals surface area contributed by atoms with E-state index in [0.717, 1.165) is 12.0 Å². The predicted molar refractivity (Wildman–Crippen MR) is 75.4 cm³/mol. The first-order valence-electron chi connectivity index (χ1n) is 6.53. The Hall–Kier alpha value is -1.26. The molecule has 19 heavy (non-hydrogen) atoms. The van der Waals surface area contributed by atoms with Crippen molar-refractivity contribution in [1.29, 1.82) is 0 Å². The van der Waals surface area contributed by atoms with E-state index in [0.29, 0.717) is 24.7 Å². The minimum absolute atomic E-state index is 0.0150. The van der Waals surface area contributed by atoms with Crippen LogP contribution in [0.1, 0.15) is 24.8 Å². The summed E-state index contributed by atoms with van der Waals surface area (Å²) in [7, 11) is 0. The van der Waals surface area contributed by atoms with Gasteiger partial charge in [0.15, 0.2) is 0 Å². The van der Waals surface area contributed by atoms with E-state index in [2.05, 4.69) is 0 Å². The largest absolute Gasteiger partial charge is 0.450 e. The van der Waals surface area contributed by atoms with Crippen LogP contribution in [0, 0.1) is 0 Å². The van der Waals surface area contributed by atoms with Crippen LogP contribution < -0.4 is 5.73 Å². The standard InChI is InChI=1S/C14H19ClN2O2/c1-2-19-14(18)17-8-11(7-13(16)9-17)10-3-5-12(15)6-4-10/h3-6,11,13H,2,7-9,16H2,1H3. The lowest BCUT2D eigenvalue weighted by molar-refractivity contribution is 0.0918. The molecule has 1 saturated heterocycles. The van der Waals surface area contributed by atoms with Crippen molar-refractivity contribution < 1.29 is 9.53 Å². The van der Waals surface area contributed by atoms with E-state index in [4.69, 9.17) is 22.1 Å². The third kappa shape index (κ3) is 3.61. The number of piperidine rings is 1. The number of carbonyl (C=O) groups is 1. The average molecular weight is 283 g/mol. The molecular formula is C14H19ClN2O2. The summed E-state index contributed by atoms with van der Waals surface area (Å²) < 4.78 is 5.04. The van der Waals surface area contributed by atoms with Crippen molar-refractivity contribution in [3.8, 4) is 0 Å². The molecule has 104 valence electrons. The molecule has 2 rings (SSSR count). The van der Waals surface area contributed by atoms with E-state index < -0.39 is 0 Å². The predicted octanol–water partition coefficient (Wildman–Crippen LogP) is 2.61. The summed E-state index contributed by atoms with van der Waals surface area (Å²) >= 11 is 5.89. The molecule has 1 heterocycles.